The number of carbonyl (C=O) groups excluding carboxylic acids is 2. The van der Waals surface area contributed by atoms with E-state index in [1.807, 2.05) is 37.3 Å². The maximum Gasteiger partial charge on any atom is 0.341 e. The lowest BCUT2D eigenvalue weighted by atomic mass is 10.1. The van der Waals surface area contributed by atoms with Crippen LogP contribution in [0.3, 0.4) is 0 Å². The first kappa shape index (κ1) is 17.9. The van der Waals surface area contributed by atoms with Crippen LogP contribution in [-0.2, 0) is 11.2 Å². The van der Waals surface area contributed by atoms with Crippen LogP contribution in [0, 0.1) is 0 Å². The molecule has 0 aliphatic heterocycles. The molecule has 1 N–H and O–H groups in total. The zero-order chi connectivity index (χ0) is 18.5. The zero-order valence-electron chi connectivity index (χ0n) is 14.4. The third kappa shape index (κ3) is 3.83. The number of rotatable bonds is 6. The molecule has 0 aliphatic rings. The standard InChI is InChI=1S/C19H18N2O4S/c1-3-13-10-14(19(23)24-4-2)18(26-13)20-17(22)16-11-15(21-25-16)12-8-6-5-7-9-12/h5-11H,3-4H2,1-2H3,(H,20,22). The maximum atomic E-state index is 12.5. The molecule has 2 heterocycles. The Labute approximate surface area is 154 Å². The number of benzene rings is 1. The van der Waals surface area contributed by atoms with Crippen LogP contribution in [0.2, 0.25) is 0 Å². The van der Waals surface area contributed by atoms with Crippen LogP contribution in [-0.4, -0.2) is 23.6 Å². The minimum atomic E-state index is -0.463. The first-order valence-corrected chi connectivity index (χ1v) is 9.07. The molecule has 2 aromatic heterocycles. The molecular weight excluding hydrogens is 352 g/mol. The van der Waals surface area contributed by atoms with Gasteiger partial charge in [0.1, 0.15) is 10.7 Å². The summed E-state index contributed by atoms with van der Waals surface area (Å²) in [6, 6.07) is 12.7. The number of ether oxygens (including phenoxy) is 1. The summed E-state index contributed by atoms with van der Waals surface area (Å²) in [6.45, 7) is 3.99. The molecule has 7 heteroatoms. The van der Waals surface area contributed by atoms with Gasteiger partial charge >= 0.3 is 5.97 Å². The molecule has 134 valence electrons. The number of aryl methyl sites for hydroxylation is 1. The molecular formula is C19H18N2O4S. The molecule has 0 saturated heterocycles. The van der Waals surface area contributed by atoms with Crippen LogP contribution >= 0.6 is 11.3 Å². The molecule has 0 atom stereocenters. The molecule has 3 rings (SSSR count). The highest BCUT2D eigenvalue weighted by molar-refractivity contribution is 7.16. The Morgan fingerprint density at radius 1 is 1.19 bits per heavy atom. The Balaban J connectivity index is 1.81. The molecule has 0 saturated carbocycles. The first-order chi connectivity index (χ1) is 12.6. The average molecular weight is 370 g/mol. The number of esters is 1. The van der Waals surface area contributed by atoms with E-state index in [0.717, 1.165) is 16.9 Å². The summed E-state index contributed by atoms with van der Waals surface area (Å²) in [5.74, 6) is -0.846. The van der Waals surface area contributed by atoms with Crippen LogP contribution in [0.25, 0.3) is 11.3 Å². The van der Waals surface area contributed by atoms with Gasteiger partial charge in [-0.2, -0.15) is 0 Å². The van der Waals surface area contributed by atoms with Crippen LogP contribution in [0.1, 0.15) is 39.6 Å². The number of nitrogens with zero attached hydrogens (tertiary/aromatic N) is 1. The summed E-state index contributed by atoms with van der Waals surface area (Å²) in [6.07, 6.45) is 0.757. The van der Waals surface area contributed by atoms with Gasteiger partial charge in [-0.25, -0.2) is 4.79 Å². The van der Waals surface area contributed by atoms with Crippen molar-refractivity contribution in [2.45, 2.75) is 20.3 Å². The maximum absolute atomic E-state index is 12.5. The van der Waals surface area contributed by atoms with Crippen LogP contribution in [0.15, 0.2) is 47.0 Å². The van der Waals surface area contributed by atoms with Crippen molar-refractivity contribution in [2.75, 3.05) is 11.9 Å². The topological polar surface area (TPSA) is 81.4 Å². The van der Waals surface area contributed by atoms with Crippen molar-refractivity contribution in [2.24, 2.45) is 0 Å². The Kier molecular flexibility index (Phi) is 5.48. The first-order valence-electron chi connectivity index (χ1n) is 8.25. The molecule has 6 nitrogen and oxygen atoms in total. The lowest BCUT2D eigenvalue weighted by Crippen LogP contribution is -2.13. The third-order valence-electron chi connectivity index (χ3n) is 3.66. The number of carbonyl (C=O) groups is 2. The van der Waals surface area contributed by atoms with Gasteiger partial charge in [-0.1, -0.05) is 42.4 Å². The lowest BCUT2D eigenvalue weighted by molar-refractivity contribution is 0.0528. The van der Waals surface area contributed by atoms with Crippen molar-refractivity contribution in [1.82, 2.24) is 5.16 Å². The highest BCUT2D eigenvalue weighted by Crippen LogP contribution is 2.30. The Morgan fingerprint density at radius 2 is 1.96 bits per heavy atom. The van der Waals surface area contributed by atoms with Crippen molar-refractivity contribution in [3.8, 4) is 11.3 Å². The number of anilines is 1. The largest absolute Gasteiger partial charge is 0.462 e. The quantitative estimate of drug-likeness (QED) is 0.651. The van der Waals surface area contributed by atoms with E-state index in [1.165, 1.54) is 11.3 Å². The van der Waals surface area contributed by atoms with Gasteiger partial charge < -0.3 is 14.6 Å². The van der Waals surface area contributed by atoms with Gasteiger partial charge in [-0.15, -0.1) is 11.3 Å². The van der Waals surface area contributed by atoms with E-state index in [0.29, 0.717) is 16.3 Å². The fraction of sp³-hybridized carbons (Fsp3) is 0.211. The smallest absolute Gasteiger partial charge is 0.341 e. The zero-order valence-corrected chi connectivity index (χ0v) is 15.3. The Hall–Kier alpha value is -2.93. The minimum absolute atomic E-state index is 0.0742. The van der Waals surface area contributed by atoms with Crippen molar-refractivity contribution < 1.29 is 18.8 Å². The minimum Gasteiger partial charge on any atom is -0.462 e. The van der Waals surface area contributed by atoms with Crippen LogP contribution < -0.4 is 5.32 Å². The Morgan fingerprint density at radius 3 is 2.65 bits per heavy atom. The highest BCUT2D eigenvalue weighted by atomic mass is 32.1. The fourth-order valence-electron chi connectivity index (χ4n) is 2.36. The van der Waals surface area contributed by atoms with Gasteiger partial charge in [0.2, 0.25) is 5.76 Å². The number of amides is 1. The average Bonchev–Trinajstić information content (AvgIpc) is 3.30. The Bertz CT molecular complexity index is 915. The third-order valence-corrected chi connectivity index (χ3v) is 4.85. The van der Waals surface area contributed by atoms with Crippen molar-refractivity contribution in [3.63, 3.8) is 0 Å². The van der Waals surface area contributed by atoms with E-state index in [4.69, 9.17) is 9.26 Å². The van der Waals surface area contributed by atoms with Gasteiger partial charge in [0.05, 0.1) is 12.2 Å². The summed E-state index contributed by atoms with van der Waals surface area (Å²) in [7, 11) is 0. The summed E-state index contributed by atoms with van der Waals surface area (Å²) < 4.78 is 10.2. The summed E-state index contributed by atoms with van der Waals surface area (Å²) in [5, 5.41) is 7.11. The summed E-state index contributed by atoms with van der Waals surface area (Å²) in [5.41, 5.74) is 1.78. The SMILES string of the molecule is CCOC(=O)c1cc(CC)sc1NC(=O)c1cc(-c2ccccc2)no1. The van der Waals surface area contributed by atoms with Gasteiger partial charge in [0.25, 0.3) is 5.91 Å². The molecule has 3 aromatic rings. The molecule has 1 aromatic carbocycles. The predicted octanol–water partition coefficient (Wildman–Crippen LogP) is 4.39. The van der Waals surface area contributed by atoms with E-state index >= 15 is 0 Å². The molecule has 0 aliphatic carbocycles. The molecule has 0 bridgehead atoms. The summed E-state index contributed by atoms with van der Waals surface area (Å²) in [4.78, 5) is 25.6. The molecule has 0 unspecified atom stereocenters. The van der Waals surface area contributed by atoms with Gasteiger partial charge in [-0.05, 0) is 19.4 Å². The second-order valence-electron chi connectivity index (χ2n) is 5.43. The molecule has 0 fully saturated rings. The van der Waals surface area contributed by atoms with Crippen molar-refractivity contribution in [1.29, 1.82) is 0 Å². The number of nitrogens with one attached hydrogen (secondary N) is 1. The van der Waals surface area contributed by atoms with Crippen molar-refractivity contribution in [3.05, 3.63) is 58.7 Å². The van der Waals surface area contributed by atoms with Gasteiger partial charge in [-0.3, -0.25) is 4.79 Å². The van der Waals surface area contributed by atoms with Crippen LogP contribution in [0.5, 0.6) is 0 Å². The highest BCUT2D eigenvalue weighted by Gasteiger charge is 2.21. The predicted molar refractivity (Wildman–Crippen MR) is 99.5 cm³/mol. The van der Waals surface area contributed by atoms with Gasteiger partial charge in [0, 0.05) is 16.5 Å². The molecule has 0 spiro atoms. The van der Waals surface area contributed by atoms with E-state index in [1.54, 1.807) is 19.1 Å². The number of aromatic nitrogens is 1. The molecule has 1 amide bonds. The van der Waals surface area contributed by atoms with E-state index < -0.39 is 11.9 Å². The second-order valence-corrected chi connectivity index (χ2v) is 6.56. The van der Waals surface area contributed by atoms with E-state index in [2.05, 4.69) is 10.5 Å². The van der Waals surface area contributed by atoms with E-state index in [-0.39, 0.29) is 12.4 Å². The number of hydrogen-bond acceptors (Lipinski definition) is 6. The lowest BCUT2D eigenvalue weighted by Gasteiger charge is -2.04. The van der Waals surface area contributed by atoms with Crippen molar-refractivity contribution >= 4 is 28.2 Å². The summed E-state index contributed by atoms with van der Waals surface area (Å²) >= 11 is 1.35. The molecule has 26 heavy (non-hydrogen) atoms. The number of hydrogen-bond donors (Lipinski definition) is 1. The second kappa shape index (κ2) is 7.97. The van der Waals surface area contributed by atoms with E-state index in [9.17, 15) is 9.59 Å². The van der Waals surface area contributed by atoms with Gasteiger partial charge in [0.15, 0.2) is 0 Å². The van der Waals surface area contributed by atoms with Crippen LogP contribution in [0.4, 0.5) is 5.00 Å². The molecule has 0 radical (unpaired) electrons. The fourth-order valence-corrected chi connectivity index (χ4v) is 3.34. The normalized spacial score (nSPS) is 10.5. The number of thiophene rings is 1. The monoisotopic (exact) mass is 370 g/mol.